The number of rotatable bonds is 7. The van der Waals surface area contributed by atoms with Crippen molar-refractivity contribution in [3.8, 4) is 23.0 Å². The third-order valence-electron chi connectivity index (χ3n) is 14.1. The maximum absolute atomic E-state index is 6.96. The largest absolute Gasteiger partial charge is 0.456 e. The molecule has 15 aromatic rings. The quantitative estimate of drug-likeness (QED) is 0.117. The Bertz CT molecular complexity index is 4360. The first-order chi connectivity index (χ1) is 34.7. The lowest BCUT2D eigenvalue weighted by atomic mass is 10.1. The highest BCUT2D eigenvalue weighted by molar-refractivity contribution is 7.20. The Morgan fingerprint density at radius 1 is 0.357 bits per heavy atom. The number of furan rings is 1. The second-order valence-corrected chi connectivity index (χ2v) is 21.6. The van der Waals surface area contributed by atoms with Gasteiger partial charge >= 0.3 is 0 Å². The Balaban J connectivity index is 1.05. The number of fused-ring (bicyclic) bond motifs is 13. The lowest BCUT2D eigenvalue weighted by Crippen LogP contribution is -2.74. The zero-order valence-electron chi connectivity index (χ0n) is 37.4. The summed E-state index contributed by atoms with van der Waals surface area (Å²) in [5, 5.41) is 7.02. The Labute approximate surface area is 400 Å². The van der Waals surface area contributed by atoms with Crippen LogP contribution in [0.15, 0.2) is 235 Å². The van der Waals surface area contributed by atoms with E-state index in [1.165, 1.54) is 20.7 Å². The van der Waals surface area contributed by atoms with E-state index >= 15 is 0 Å². The minimum Gasteiger partial charge on any atom is -0.456 e. The molecule has 0 saturated carbocycles. The Hall–Kier alpha value is -9.38. The van der Waals surface area contributed by atoms with Gasteiger partial charge in [-0.1, -0.05) is 170 Å². The highest BCUT2D eigenvalue weighted by Crippen LogP contribution is 2.34. The van der Waals surface area contributed by atoms with Crippen molar-refractivity contribution >= 4 is 106 Å². The van der Waals surface area contributed by atoms with Crippen LogP contribution >= 0.6 is 0 Å². The van der Waals surface area contributed by atoms with Crippen LogP contribution in [-0.2, 0) is 0 Å². The second kappa shape index (κ2) is 14.8. The minimum absolute atomic E-state index is 0.569. The van der Waals surface area contributed by atoms with Gasteiger partial charge in [0.2, 0.25) is 11.6 Å². The van der Waals surface area contributed by atoms with Crippen LogP contribution in [-0.4, -0.2) is 45.9 Å². The molecule has 0 amide bonds. The van der Waals surface area contributed by atoms with Gasteiger partial charge in [0.1, 0.15) is 22.8 Å². The SMILES string of the molecule is c1ccc([Si](c2ccccc2)(c2cccc(-c3nc(-n4c5ccccc5n5c6ccccc6nc45)cc(-n4c5ccccc5n5c6ccccc6nc45)n3)c2)c2cccc3c2oc2ccccc23)cc1. The summed E-state index contributed by atoms with van der Waals surface area (Å²) in [4.78, 5) is 21.8. The van der Waals surface area contributed by atoms with Crippen LogP contribution in [0.3, 0.4) is 0 Å². The fourth-order valence-corrected chi connectivity index (χ4v) is 16.1. The fourth-order valence-electron chi connectivity index (χ4n) is 11.2. The molecule has 0 N–H and O–H groups in total. The number of aromatic nitrogens is 8. The molecule has 70 heavy (non-hydrogen) atoms. The van der Waals surface area contributed by atoms with Crippen LogP contribution in [0, 0.1) is 0 Å². The summed E-state index contributed by atoms with van der Waals surface area (Å²) < 4.78 is 15.8. The van der Waals surface area contributed by atoms with Crippen molar-refractivity contribution in [2.24, 2.45) is 0 Å². The molecule has 0 fully saturated rings. The standard InChI is InChI=1S/C60H38N8OSi/c1-3-20-40(21-4-1)70(41-22-5-2-6-23-41,54-36-18-26-44-43-25-7-16-35-53(43)69-57(44)54)42-24-17-19-39(37-42)58-63-55(67-51-33-14-12-31-49(51)65-47-29-10-8-27-45(47)61-59(65)67)38-56(64-58)68-52-34-15-13-32-50(52)66-48-30-11-9-28-46(48)62-60(66)68/h1-38H. The Morgan fingerprint density at radius 3 is 1.43 bits per heavy atom. The first-order valence-corrected chi connectivity index (χ1v) is 25.5. The van der Waals surface area contributed by atoms with Gasteiger partial charge in [0.15, 0.2) is 13.9 Å². The van der Waals surface area contributed by atoms with E-state index in [9.17, 15) is 0 Å². The van der Waals surface area contributed by atoms with E-state index in [2.05, 4.69) is 230 Å². The van der Waals surface area contributed by atoms with Crippen molar-refractivity contribution in [1.82, 2.24) is 37.9 Å². The number of hydrogen-bond acceptors (Lipinski definition) is 5. The van der Waals surface area contributed by atoms with Crippen molar-refractivity contribution < 1.29 is 4.42 Å². The van der Waals surface area contributed by atoms with E-state index < -0.39 is 8.07 Å². The minimum atomic E-state index is -3.19. The van der Waals surface area contributed by atoms with Crippen LogP contribution in [0.25, 0.3) is 101 Å². The van der Waals surface area contributed by atoms with Crippen molar-refractivity contribution in [3.05, 3.63) is 231 Å². The molecule has 0 saturated heterocycles. The molecule has 0 radical (unpaired) electrons. The van der Waals surface area contributed by atoms with Crippen LogP contribution in [0.1, 0.15) is 0 Å². The van der Waals surface area contributed by atoms with Gasteiger partial charge in [0.25, 0.3) is 0 Å². The van der Waals surface area contributed by atoms with E-state index in [4.69, 9.17) is 24.4 Å². The van der Waals surface area contributed by atoms with E-state index in [1.807, 2.05) is 18.2 Å². The molecule has 6 aromatic heterocycles. The van der Waals surface area contributed by atoms with Gasteiger partial charge in [-0.15, -0.1) is 0 Å². The summed E-state index contributed by atoms with van der Waals surface area (Å²) >= 11 is 0. The molecular weight excluding hydrogens is 877 g/mol. The zero-order valence-corrected chi connectivity index (χ0v) is 38.4. The highest BCUT2D eigenvalue weighted by atomic mass is 28.3. The van der Waals surface area contributed by atoms with Crippen LogP contribution in [0.5, 0.6) is 0 Å². The van der Waals surface area contributed by atoms with E-state index in [0.29, 0.717) is 17.5 Å². The monoisotopic (exact) mass is 914 g/mol. The van der Waals surface area contributed by atoms with Gasteiger partial charge in [-0.25, -0.2) is 19.9 Å². The average Bonchev–Trinajstić information content (AvgIpc) is 4.24. The van der Waals surface area contributed by atoms with Gasteiger partial charge in [-0.3, -0.25) is 17.9 Å². The average molecular weight is 915 g/mol. The van der Waals surface area contributed by atoms with Crippen molar-refractivity contribution in [2.45, 2.75) is 0 Å². The summed E-state index contributed by atoms with van der Waals surface area (Å²) in [7, 11) is -3.19. The molecule has 0 atom stereocenters. The van der Waals surface area contributed by atoms with E-state index in [0.717, 1.165) is 83.2 Å². The summed E-state index contributed by atoms with van der Waals surface area (Å²) in [5.74, 6) is 3.46. The van der Waals surface area contributed by atoms with Gasteiger partial charge in [0.05, 0.1) is 44.1 Å². The molecule has 0 spiro atoms. The smallest absolute Gasteiger partial charge is 0.221 e. The summed E-state index contributed by atoms with van der Waals surface area (Å²) in [6.07, 6.45) is 0. The summed E-state index contributed by atoms with van der Waals surface area (Å²) in [6.45, 7) is 0. The van der Waals surface area contributed by atoms with Crippen LogP contribution < -0.4 is 20.7 Å². The first kappa shape index (κ1) is 38.7. The molecule has 6 heterocycles. The first-order valence-electron chi connectivity index (χ1n) is 23.5. The van der Waals surface area contributed by atoms with Gasteiger partial charge in [-0.2, -0.15) is 0 Å². The normalized spacial score (nSPS) is 12.3. The van der Waals surface area contributed by atoms with Crippen LogP contribution in [0.4, 0.5) is 0 Å². The zero-order chi connectivity index (χ0) is 45.9. The number of nitrogens with zero attached hydrogens (tertiary/aromatic N) is 8. The molecular formula is C60H38N8OSi. The van der Waals surface area contributed by atoms with Crippen molar-refractivity contribution in [2.75, 3.05) is 0 Å². The number of para-hydroxylation sites is 10. The number of benzene rings is 9. The molecule has 9 nitrogen and oxygen atoms in total. The maximum atomic E-state index is 6.96. The molecule has 9 aromatic carbocycles. The summed E-state index contributed by atoms with van der Waals surface area (Å²) in [6, 6.07) is 81.5. The van der Waals surface area contributed by atoms with Crippen molar-refractivity contribution in [3.63, 3.8) is 0 Å². The lowest BCUT2D eigenvalue weighted by molar-refractivity contribution is 0.671. The molecule has 328 valence electrons. The van der Waals surface area contributed by atoms with Crippen molar-refractivity contribution in [1.29, 1.82) is 0 Å². The predicted molar refractivity (Wildman–Crippen MR) is 285 cm³/mol. The fraction of sp³-hybridized carbons (Fsp3) is 0. The molecule has 10 heteroatoms. The number of hydrogen-bond donors (Lipinski definition) is 0. The maximum Gasteiger partial charge on any atom is 0.221 e. The molecule has 0 aliphatic rings. The molecule has 15 rings (SSSR count). The van der Waals surface area contributed by atoms with E-state index in [1.54, 1.807) is 0 Å². The molecule has 0 bridgehead atoms. The third kappa shape index (κ3) is 5.41. The van der Waals surface area contributed by atoms with Gasteiger partial charge in [0, 0.05) is 22.4 Å². The number of imidazole rings is 4. The lowest BCUT2D eigenvalue weighted by Gasteiger charge is -2.34. The topological polar surface area (TPSA) is 83.4 Å². The van der Waals surface area contributed by atoms with Crippen LogP contribution in [0.2, 0.25) is 0 Å². The Kier molecular flexibility index (Phi) is 8.19. The highest BCUT2D eigenvalue weighted by Gasteiger charge is 2.44. The Morgan fingerprint density at radius 2 is 0.829 bits per heavy atom. The molecule has 0 unspecified atom stereocenters. The molecule has 0 aliphatic heterocycles. The van der Waals surface area contributed by atoms with Gasteiger partial charge in [-0.05, 0) is 75.3 Å². The van der Waals surface area contributed by atoms with Gasteiger partial charge < -0.3 is 4.42 Å². The second-order valence-electron chi connectivity index (χ2n) is 17.9. The third-order valence-corrected chi connectivity index (χ3v) is 18.9. The summed E-state index contributed by atoms with van der Waals surface area (Å²) in [5.41, 5.74) is 10.5. The van der Waals surface area contributed by atoms with E-state index in [-0.39, 0.29) is 0 Å². The molecule has 0 aliphatic carbocycles. The predicted octanol–water partition coefficient (Wildman–Crippen LogP) is 10.9.